The van der Waals surface area contributed by atoms with Gasteiger partial charge in [0.15, 0.2) is 0 Å². The van der Waals surface area contributed by atoms with Gasteiger partial charge in [-0.05, 0) is 41.0 Å². The molecular weight excluding hydrogens is 336 g/mol. The Bertz CT molecular complexity index is 1140. The van der Waals surface area contributed by atoms with Crippen molar-refractivity contribution in [3.05, 3.63) is 89.6 Å². The summed E-state index contributed by atoms with van der Waals surface area (Å²) in [5, 5.41) is 13.4. The molecule has 0 unspecified atom stereocenters. The van der Waals surface area contributed by atoms with E-state index in [1.165, 1.54) is 5.39 Å². The molecular formula is C22H18N4O. The van der Waals surface area contributed by atoms with Gasteiger partial charge in [0, 0.05) is 5.56 Å². The monoisotopic (exact) mass is 354 g/mol. The highest BCUT2D eigenvalue weighted by Crippen LogP contribution is 2.23. The zero-order valence-corrected chi connectivity index (χ0v) is 14.8. The fraction of sp³-hybridized carbons (Fsp3) is 0.0455. The first-order valence-corrected chi connectivity index (χ1v) is 8.64. The van der Waals surface area contributed by atoms with Crippen molar-refractivity contribution in [3.8, 4) is 11.3 Å². The number of hydrogen-bond acceptors (Lipinski definition) is 3. The standard InChI is InChI=1S/C22H18N4O/c1-15-6-2-3-9-19(15)14-23-26-22(27)21-13-20(24-25-21)18-11-10-16-7-4-5-8-17(16)12-18/h2-14H,1H3,(H,24,25)(H,26,27)/b23-14-. The molecule has 27 heavy (non-hydrogen) atoms. The van der Waals surface area contributed by atoms with Gasteiger partial charge in [0.1, 0.15) is 5.69 Å². The van der Waals surface area contributed by atoms with Gasteiger partial charge in [-0.1, -0.05) is 60.7 Å². The first kappa shape index (κ1) is 16.7. The maximum absolute atomic E-state index is 12.3. The van der Waals surface area contributed by atoms with Gasteiger partial charge in [0.05, 0.1) is 11.9 Å². The molecule has 3 aromatic carbocycles. The van der Waals surface area contributed by atoms with Crippen LogP contribution in [-0.4, -0.2) is 22.3 Å². The van der Waals surface area contributed by atoms with Gasteiger partial charge in [-0.25, -0.2) is 5.43 Å². The molecule has 5 heteroatoms. The lowest BCUT2D eigenvalue weighted by molar-refractivity contribution is 0.0950. The molecule has 0 radical (unpaired) electrons. The van der Waals surface area contributed by atoms with Crippen LogP contribution < -0.4 is 5.43 Å². The van der Waals surface area contributed by atoms with Crippen molar-refractivity contribution in [3.63, 3.8) is 0 Å². The van der Waals surface area contributed by atoms with Crippen LogP contribution in [0, 0.1) is 6.92 Å². The molecule has 0 atom stereocenters. The highest BCUT2D eigenvalue weighted by Gasteiger charge is 2.10. The molecule has 0 aliphatic rings. The number of aryl methyl sites for hydroxylation is 1. The van der Waals surface area contributed by atoms with E-state index in [1.807, 2.05) is 55.5 Å². The Hall–Kier alpha value is -3.73. The third-order valence-electron chi connectivity index (χ3n) is 4.43. The van der Waals surface area contributed by atoms with E-state index in [0.29, 0.717) is 11.4 Å². The third kappa shape index (κ3) is 3.62. The van der Waals surface area contributed by atoms with Crippen LogP contribution in [0.4, 0.5) is 0 Å². The highest BCUT2D eigenvalue weighted by molar-refractivity contribution is 5.94. The Morgan fingerprint density at radius 2 is 1.78 bits per heavy atom. The zero-order valence-electron chi connectivity index (χ0n) is 14.8. The number of amides is 1. The zero-order chi connectivity index (χ0) is 18.6. The Morgan fingerprint density at radius 1 is 1.00 bits per heavy atom. The van der Waals surface area contributed by atoms with E-state index < -0.39 is 0 Å². The Balaban J connectivity index is 1.49. The Labute approximate surface area is 156 Å². The lowest BCUT2D eigenvalue weighted by Gasteiger charge is -2.00. The number of aromatic nitrogens is 2. The second-order valence-electron chi connectivity index (χ2n) is 6.28. The number of rotatable bonds is 4. The highest BCUT2D eigenvalue weighted by atomic mass is 16.2. The van der Waals surface area contributed by atoms with Crippen molar-refractivity contribution < 1.29 is 4.79 Å². The smallest absolute Gasteiger partial charge is 0.272 e. The lowest BCUT2D eigenvalue weighted by atomic mass is 10.1. The van der Waals surface area contributed by atoms with Crippen LogP contribution in [0.1, 0.15) is 21.6 Å². The average molecular weight is 354 g/mol. The minimum absolute atomic E-state index is 0.334. The minimum atomic E-state index is -0.334. The Morgan fingerprint density at radius 3 is 2.63 bits per heavy atom. The quantitative estimate of drug-likeness (QED) is 0.424. The van der Waals surface area contributed by atoms with Crippen molar-refractivity contribution in [1.29, 1.82) is 0 Å². The van der Waals surface area contributed by atoms with Crippen LogP contribution in [0.3, 0.4) is 0 Å². The van der Waals surface area contributed by atoms with E-state index in [2.05, 4.69) is 38.9 Å². The summed E-state index contributed by atoms with van der Waals surface area (Å²) in [6.45, 7) is 1.99. The van der Waals surface area contributed by atoms with Crippen molar-refractivity contribution in [2.75, 3.05) is 0 Å². The predicted octanol–water partition coefficient (Wildman–Crippen LogP) is 4.30. The van der Waals surface area contributed by atoms with Gasteiger partial charge in [0.2, 0.25) is 0 Å². The molecule has 5 nitrogen and oxygen atoms in total. The summed E-state index contributed by atoms with van der Waals surface area (Å²) in [5.74, 6) is -0.334. The SMILES string of the molecule is Cc1ccccc1/C=N\NC(=O)c1cc(-c2ccc3ccccc3c2)n[nH]1. The fourth-order valence-electron chi connectivity index (χ4n) is 2.89. The molecule has 1 amide bonds. The second-order valence-corrected chi connectivity index (χ2v) is 6.28. The van der Waals surface area contributed by atoms with E-state index in [0.717, 1.165) is 22.1 Å². The van der Waals surface area contributed by atoms with Crippen molar-refractivity contribution in [2.24, 2.45) is 5.10 Å². The van der Waals surface area contributed by atoms with Crippen molar-refractivity contribution in [2.45, 2.75) is 6.92 Å². The molecule has 0 fully saturated rings. The van der Waals surface area contributed by atoms with E-state index >= 15 is 0 Å². The Kier molecular flexibility index (Phi) is 4.49. The molecule has 0 aliphatic carbocycles. The molecule has 0 saturated heterocycles. The normalized spacial score (nSPS) is 11.1. The molecule has 1 heterocycles. The van der Waals surface area contributed by atoms with Gasteiger partial charge in [-0.15, -0.1) is 0 Å². The van der Waals surface area contributed by atoms with Crippen LogP contribution in [0.25, 0.3) is 22.0 Å². The topological polar surface area (TPSA) is 70.1 Å². The van der Waals surface area contributed by atoms with Crippen LogP contribution in [0.2, 0.25) is 0 Å². The summed E-state index contributed by atoms with van der Waals surface area (Å²) in [7, 11) is 0. The summed E-state index contributed by atoms with van der Waals surface area (Å²) in [6, 6.07) is 23.8. The van der Waals surface area contributed by atoms with Crippen molar-refractivity contribution in [1.82, 2.24) is 15.6 Å². The molecule has 2 N–H and O–H groups in total. The van der Waals surface area contributed by atoms with E-state index in [-0.39, 0.29) is 5.91 Å². The molecule has 0 saturated carbocycles. The third-order valence-corrected chi connectivity index (χ3v) is 4.43. The number of H-pyrrole nitrogens is 1. The summed E-state index contributed by atoms with van der Waals surface area (Å²) < 4.78 is 0. The van der Waals surface area contributed by atoms with Gasteiger partial charge < -0.3 is 0 Å². The summed E-state index contributed by atoms with van der Waals surface area (Å²) in [6.07, 6.45) is 1.63. The molecule has 132 valence electrons. The number of nitrogens with zero attached hydrogens (tertiary/aromatic N) is 2. The summed E-state index contributed by atoms with van der Waals surface area (Å²) in [5.41, 5.74) is 6.61. The number of hydrazone groups is 1. The number of benzene rings is 3. The number of aromatic amines is 1. The first-order chi connectivity index (χ1) is 13.2. The minimum Gasteiger partial charge on any atom is -0.272 e. The molecule has 0 spiro atoms. The molecule has 4 rings (SSSR count). The van der Waals surface area contributed by atoms with Gasteiger partial charge in [-0.3, -0.25) is 9.89 Å². The molecule has 1 aromatic heterocycles. The maximum atomic E-state index is 12.3. The van der Waals surface area contributed by atoms with Crippen LogP contribution in [0.15, 0.2) is 77.9 Å². The lowest BCUT2D eigenvalue weighted by Crippen LogP contribution is -2.18. The van der Waals surface area contributed by atoms with E-state index in [1.54, 1.807) is 12.3 Å². The summed E-state index contributed by atoms with van der Waals surface area (Å²) >= 11 is 0. The van der Waals surface area contributed by atoms with Crippen LogP contribution >= 0.6 is 0 Å². The number of carbonyl (C=O) groups is 1. The fourth-order valence-corrected chi connectivity index (χ4v) is 2.89. The number of hydrogen-bond donors (Lipinski definition) is 2. The number of carbonyl (C=O) groups excluding carboxylic acids is 1. The van der Waals surface area contributed by atoms with Gasteiger partial charge in [0.25, 0.3) is 5.91 Å². The number of fused-ring (bicyclic) bond motifs is 1. The molecule has 0 bridgehead atoms. The molecule has 0 aliphatic heterocycles. The predicted molar refractivity (Wildman–Crippen MR) is 108 cm³/mol. The van der Waals surface area contributed by atoms with Crippen molar-refractivity contribution >= 4 is 22.9 Å². The first-order valence-electron chi connectivity index (χ1n) is 8.64. The largest absolute Gasteiger partial charge is 0.289 e. The summed E-state index contributed by atoms with van der Waals surface area (Å²) in [4.78, 5) is 12.3. The van der Waals surface area contributed by atoms with E-state index in [9.17, 15) is 4.79 Å². The van der Waals surface area contributed by atoms with E-state index in [4.69, 9.17) is 0 Å². The van der Waals surface area contributed by atoms with Crippen LogP contribution in [-0.2, 0) is 0 Å². The molecule has 4 aromatic rings. The average Bonchev–Trinajstić information content (AvgIpc) is 3.19. The van der Waals surface area contributed by atoms with Crippen LogP contribution in [0.5, 0.6) is 0 Å². The number of nitrogens with one attached hydrogen (secondary N) is 2. The second kappa shape index (κ2) is 7.25. The maximum Gasteiger partial charge on any atom is 0.289 e. The van der Waals surface area contributed by atoms with Gasteiger partial charge in [-0.2, -0.15) is 10.2 Å². The van der Waals surface area contributed by atoms with Gasteiger partial charge >= 0.3 is 0 Å².